The van der Waals surface area contributed by atoms with E-state index in [0.29, 0.717) is 12.5 Å². The van der Waals surface area contributed by atoms with Crippen LogP contribution < -0.4 is 4.74 Å². The first-order valence-electron chi connectivity index (χ1n) is 4.45. The van der Waals surface area contributed by atoms with E-state index in [-0.39, 0.29) is 0 Å². The van der Waals surface area contributed by atoms with Gasteiger partial charge in [0.05, 0.1) is 12.7 Å². The topological polar surface area (TPSA) is 35.0 Å². The van der Waals surface area contributed by atoms with Gasteiger partial charge in [0.2, 0.25) is 11.8 Å². The van der Waals surface area contributed by atoms with Gasteiger partial charge in [-0.2, -0.15) is 4.39 Å². The summed E-state index contributed by atoms with van der Waals surface area (Å²) in [4.78, 5) is 7.12. The van der Waals surface area contributed by atoms with Gasteiger partial charge in [-0.15, -0.1) is 0 Å². The molecule has 0 saturated heterocycles. The fourth-order valence-corrected chi connectivity index (χ4v) is 1.13. The third kappa shape index (κ3) is 2.65. The number of nitrogens with zero attached hydrogens (tertiary/aromatic N) is 2. The summed E-state index contributed by atoms with van der Waals surface area (Å²) in [5, 5.41) is 0. The predicted octanol–water partition coefficient (Wildman–Crippen LogP) is 1.79. The van der Waals surface area contributed by atoms with E-state index >= 15 is 0 Å². The lowest BCUT2D eigenvalue weighted by Gasteiger charge is -2.02. The zero-order chi connectivity index (χ0) is 9.10. The Balaban J connectivity index is 1.79. The third-order valence-electron chi connectivity index (χ3n) is 2.08. The van der Waals surface area contributed by atoms with E-state index in [1.165, 1.54) is 25.2 Å². The van der Waals surface area contributed by atoms with Crippen LogP contribution in [0.4, 0.5) is 4.39 Å². The van der Waals surface area contributed by atoms with Gasteiger partial charge in [-0.25, -0.2) is 9.97 Å². The van der Waals surface area contributed by atoms with Crippen LogP contribution in [0, 0.1) is 11.9 Å². The molecule has 0 spiro atoms. The van der Waals surface area contributed by atoms with Crippen LogP contribution in [0.25, 0.3) is 0 Å². The van der Waals surface area contributed by atoms with Crippen molar-refractivity contribution < 1.29 is 9.13 Å². The Kier molecular flexibility index (Phi) is 2.38. The Labute approximate surface area is 76.0 Å². The van der Waals surface area contributed by atoms with Crippen LogP contribution in [0.2, 0.25) is 0 Å². The maximum atomic E-state index is 12.5. The van der Waals surface area contributed by atoms with Crippen molar-refractivity contribution in [2.45, 2.75) is 19.3 Å². The van der Waals surface area contributed by atoms with Crippen LogP contribution in [0.5, 0.6) is 5.88 Å². The highest BCUT2D eigenvalue weighted by Gasteiger charge is 2.20. The molecule has 3 nitrogen and oxygen atoms in total. The molecule has 1 aromatic rings. The predicted molar refractivity (Wildman–Crippen MR) is 44.8 cm³/mol. The molecule has 70 valence electrons. The first kappa shape index (κ1) is 8.41. The molecule has 0 aromatic carbocycles. The molecule has 1 aliphatic carbocycles. The SMILES string of the molecule is Fc1cc(OCCC2CC2)ncn1. The highest BCUT2D eigenvalue weighted by Crippen LogP contribution is 2.32. The molecule has 0 amide bonds. The number of ether oxygens (including phenoxy) is 1. The van der Waals surface area contributed by atoms with E-state index in [9.17, 15) is 4.39 Å². The van der Waals surface area contributed by atoms with Gasteiger partial charge < -0.3 is 4.74 Å². The summed E-state index contributed by atoms with van der Waals surface area (Å²) >= 11 is 0. The Morgan fingerprint density at radius 1 is 1.46 bits per heavy atom. The van der Waals surface area contributed by atoms with Gasteiger partial charge >= 0.3 is 0 Å². The Bertz CT molecular complexity index is 289. The van der Waals surface area contributed by atoms with Crippen molar-refractivity contribution in [3.8, 4) is 5.88 Å². The van der Waals surface area contributed by atoms with Gasteiger partial charge in [-0.3, -0.25) is 0 Å². The minimum absolute atomic E-state index is 0.327. The Morgan fingerprint density at radius 2 is 2.31 bits per heavy atom. The van der Waals surface area contributed by atoms with Crippen LogP contribution >= 0.6 is 0 Å². The molecule has 1 aromatic heterocycles. The van der Waals surface area contributed by atoms with Crippen molar-refractivity contribution in [2.75, 3.05) is 6.61 Å². The molecule has 1 heterocycles. The second kappa shape index (κ2) is 3.68. The van der Waals surface area contributed by atoms with Crippen LogP contribution in [0.1, 0.15) is 19.3 Å². The summed E-state index contributed by atoms with van der Waals surface area (Å²) < 4.78 is 17.8. The summed E-state index contributed by atoms with van der Waals surface area (Å²) in [6.45, 7) is 0.626. The molecule has 0 unspecified atom stereocenters. The smallest absolute Gasteiger partial charge is 0.219 e. The quantitative estimate of drug-likeness (QED) is 0.666. The zero-order valence-electron chi connectivity index (χ0n) is 7.24. The van der Waals surface area contributed by atoms with Gasteiger partial charge in [0.25, 0.3) is 0 Å². The molecule has 4 heteroatoms. The molecule has 2 rings (SSSR count). The minimum atomic E-state index is -0.545. The second-order valence-electron chi connectivity index (χ2n) is 3.26. The molecule has 1 fully saturated rings. The summed E-state index contributed by atoms with van der Waals surface area (Å²) in [5.41, 5.74) is 0. The average Bonchev–Trinajstić information content (AvgIpc) is 2.88. The Hall–Kier alpha value is -1.19. The van der Waals surface area contributed by atoms with Crippen molar-refractivity contribution in [1.29, 1.82) is 0 Å². The fourth-order valence-electron chi connectivity index (χ4n) is 1.13. The van der Waals surface area contributed by atoms with Gasteiger partial charge in [0, 0.05) is 0 Å². The lowest BCUT2D eigenvalue weighted by molar-refractivity contribution is 0.288. The summed E-state index contributed by atoms with van der Waals surface area (Å²) in [6, 6.07) is 1.20. The standard InChI is InChI=1S/C9H11FN2O/c10-8-5-9(12-6-11-8)13-4-3-7-1-2-7/h5-7H,1-4H2. The third-order valence-corrected chi connectivity index (χ3v) is 2.08. The average molecular weight is 182 g/mol. The normalized spacial score (nSPS) is 15.8. The van der Waals surface area contributed by atoms with Crippen LogP contribution in [0.15, 0.2) is 12.4 Å². The molecule has 13 heavy (non-hydrogen) atoms. The van der Waals surface area contributed by atoms with E-state index < -0.39 is 5.95 Å². The number of hydrogen-bond donors (Lipinski definition) is 0. The van der Waals surface area contributed by atoms with E-state index in [2.05, 4.69) is 9.97 Å². The molecule has 0 radical (unpaired) electrons. The maximum absolute atomic E-state index is 12.5. The van der Waals surface area contributed by atoms with E-state index in [4.69, 9.17) is 4.74 Å². The van der Waals surface area contributed by atoms with E-state index in [1.54, 1.807) is 0 Å². The van der Waals surface area contributed by atoms with Crippen molar-refractivity contribution in [2.24, 2.45) is 5.92 Å². The van der Waals surface area contributed by atoms with Crippen LogP contribution in [-0.2, 0) is 0 Å². The maximum Gasteiger partial charge on any atom is 0.219 e. The lowest BCUT2D eigenvalue weighted by atomic mass is 10.3. The zero-order valence-corrected chi connectivity index (χ0v) is 7.24. The number of aromatic nitrogens is 2. The van der Waals surface area contributed by atoms with Gasteiger partial charge in [0.15, 0.2) is 0 Å². The van der Waals surface area contributed by atoms with Crippen LogP contribution in [0.3, 0.4) is 0 Å². The first-order chi connectivity index (χ1) is 6.34. The van der Waals surface area contributed by atoms with Crippen molar-refractivity contribution >= 4 is 0 Å². The van der Waals surface area contributed by atoms with Crippen molar-refractivity contribution in [1.82, 2.24) is 9.97 Å². The Morgan fingerprint density at radius 3 is 3.00 bits per heavy atom. The molecule has 0 aliphatic heterocycles. The first-order valence-corrected chi connectivity index (χ1v) is 4.45. The van der Waals surface area contributed by atoms with Gasteiger partial charge in [-0.05, 0) is 12.3 Å². The van der Waals surface area contributed by atoms with E-state index in [0.717, 1.165) is 12.3 Å². The van der Waals surface area contributed by atoms with E-state index in [1.807, 2.05) is 0 Å². The monoisotopic (exact) mass is 182 g/mol. The molecule has 0 bridgehead atoms. The van der Waals surface area contributed by atoms with Crippen molar-refractivity contribution in [3.05, 3.63) is 18.3 Å². The highest BCUT2D eigenvalue weighted by atomic mass is 19.1. The highest BCUT2D eigenvalue weighted by molar-refractivity contribution is 5.05. The number of halogens is 1. The lowest BCUT2D eigenvalue weighted by Crippen LogP contribution is -2.00. The summed E-state index contributed by atoms with van der Waals surface area (Å²) in [6.07, 6.45) is 4.83. The van der Waals surface area contributed by atoms with Crippen molar-refractivity contribution in [3.63, 3.8) is 0 Å². The van der Waals surface area contributed by atoms with Crippen LogP contribution in [-0.4, -0.2) is 16.6 Å². The fraction of sp³-hybridized carbons (Fsp3) is 0.556. The largest absolute Gasteiger partial charge is 0.478 e. The molecule has 0 atom stereocenters. The molecular weight excluding hydrogens is 171 g/mol. The number of hydrogen-bond acceptors (Lipinski definition) is 3. The molecule has 1 aliphatic rings. The molecular formula is C9H11FN2O. The summed E-state index contributed by atoms with van der Waals surface area (Å²) in [7, 11) is 0. The van der Waals surface area contributed by atoms with Gasteiger partial charge in [0.1, 0.15) is 6.33 Å². The second-order valence-corrected chi connectivity index (χ2v) is 3.26. The van der Waals surface area contributed by atoms with Gasteiger partial charge in [-0.1, -0.05) is 12.8 Å². The number of rotatable bonds is 4. The minimum Gasteiger partial charge on any atom is -0.478 e. The molecule has 1 saturated carbocycles. The molecule has 0 N–H and O–H groups in total. The summed E-state index contributed by atoms with van der Waals surface area (Å²) in [5.74, 6) is 0.608.